The zero-order valence-corrected chi connectivity index (χ0v) is 17.8. The van der Waals surface area contributed by atoms with E-state index in [4.69, 9.17) is 23.8 Å². The molecule has 0 aromatic heterocycles. The van der Waals surface area contributed by atoms with Crippen molar-refractivity contribution in [2.75, 3.05) is 5.32 Å². The average Bonchev–Trinajstić information content (AvgIpc) is 2.72. The Kier molecular flexibility index (Phi) is 8.99. The molecule has 0 aliphatic rings. The van der Waals surface area contributed by atoms with E-state index in [-0.39, 0.29) is 23.9 Å². The lowest BCUT2D eigenvalue weighted by Crippen LogP contribution is -2.48. The minimum absolute atomic E-state index is 0.0445. The molecule has 156 valence electrons. The van der Waals surface area contributed by atoms with Crippen LogP contribution in [0.25, 0.3) is 6.08 Å². The van der Waals surface area contributed by atoms with Crippen molar-refractivity contribution in [1.82, 2.24) is 16.2 Å². The lowest BCUT2D eigenvalue weighted by atomic mass is 10.1. The molecule has 7 nitrogen and oxygen atoms in total. The van der Waals surface area contributed by atoms with Gasteiger partial charge in [0.1, 0.15) is 0 Å². The van der Waals surface area contributed by atoms with Crippen LogP contribution in [0.1, 0.15) is 24.0 Å². The lowest BCUT2D eigenvalue weighted by Gasteiger charge is -2.10. The highest BCUT2D eigenvalue weighted by Crippen LogP contribution is 2.20. The Morgan fingerprint density at radius 1 is 0.967 bits per heavy atom. The highest BCUT2D eigenvalue weighted by Gasteiger charge is 2.09. The van der Waals surface area contributed by atoms with Crippen LogP contribution in [0.2, 0.25) is 5.02 Å². The fraction of sp³-hybridized carbons (Fsp3) is 0.143. The van der Waals surface area contributed by atoms with Crippen LogP contribution >= 0.6 is 23.8 Å². The number of carbonyl (C=O) groups is 3. The number of aryl methyl sites for hydroxylation is 1. The number of benzene rings is 2. The predicted octanol–water partition coefficient (Wildman–Crippen LogP) is 3.10. The van der Waals surface area contributed by atoms with Gasteiger partial charge in [-0.3, -0.25) is 30.6 Å². The monoisotopic (exact) mass is 444 g/mol. The van der Waals surface area contributed by atoms with Crippen LogP contribution < -0.4 is 21.5 Å². The van der Waals surface area contributed by atoms with Crippen molar-refractivity contribution >= 4 is 58.4 Å². The molecule has 0 atom stereocenters. The Hall–Kier alpha value is -3.23. The van der Waals surface area contributed by atoms with Gasteiger partial charge in [-0.25, -0.2) is 0 Å². The summed E-state index contributed by atoms with van der Waals surface area (Å²) in [5, 5.41) is 5.38. The summed E-state index contributed by atoms with van der Waals surface area (Å²) in [7, 11) is 0. The summed E-state index contributed by atoms with van der Waals surface area (Å²) in [6.07, 6.45) is 2.86. The molecule has 3 amide bonds. The van der Waals surface area contributed by atoms with Crippen molar-refractivity contribution in [2.24, 2.45) is 0 Å². The number of hydrazine groups is 1. The molecule has 0 fully saturated rings. The van der Waals surface area contributed by atoms with Gasteiger partial charge in [0.15, 0.2) is 5.11 Å². The summed E-state index contributed by atoms with van der Waals surface area (Å²) in [6.45, 7) is 1.98. The first-order chi connectivity index (χ1) is 14.3. The number of halogens is 1. The second-order valence-electron chi connectivity index (χ2n) is 6.26. The highest BCUT2D eigenvalue weighted by atomic mass is 35.5. The quantitative estimate of drug-likeness (QED) is 0.312. The molecular formula is C21H21ClN4O3S. The van der Waals surface area contributed by atoms with Crippen LogP contribution in [0.4, 0.5) is 5.69 Å². The first kappa shape index (κ1) is 23.1. The van der Waals surface area contributed by atoms with Gasteiger partial charge in [0, 0.05) is 18.9 Å². The van der Waals surface area contributed by atoms with E-state index in [0.717, 1.165) is 11.1 Å². The fourth-order valence-electron chi connectivity index (χ4n) is 2.23. The number of hydrogen-bond acceptors (Lipinski definition) is 4. The SMILES string of the molecule is Cc1ccc(/C=C/C(=O)NC(=S)NNC(=O)CCC(=O)Nc2ccccc2Cl)cc1. The van der Waals surface area contributed by atoms with E-state index in [1.807, 2.05) is 31.2 Å². The van der Waals surface area contributed by atoms with Gasteiger partial charge >= 0.3 is 0 Å². The van der Waals surface area contributed by atoms with Crippen LogP contribution in [-0.2, 0) is 14.4 Å². The van der Waals surface area contributed by atoms with Crippen molar-refractivity contribution in [1.29, 1.82) is 0 Å². The highest BCUT2D eigenvalue weighted by molar-refractivity contribution is 7.80. The minimum Gasteiger partial charge on any atom is -0.325 e. The second-order valence-corrected chi connectivity index (χ2v) is 7.08. The van der Waals surface area contributed by atoms with E-state index >= 15 is 0 Å². The Bertz CT molecular complexity index is 961. The predicted molar refractivity (Wildman–Crippen MR) is 122 cm³/mol. The number of nitrogens with one attached hydrogen (secondary N) is 4. The molecule has 2 rings (SSSR count). The van der Waals surface area contributed by atoms with E-state index in [1.165, 1.54) is 6.08 Å². The Morgan fingerprint density at radius 2 is 1.63 bits per heavy atom. The molecule has 0 spiro atoms. The largest absolute Gasteiger partial charge is 0.325 e. The summed E-state index contributed by atoms with van der Waals surface area (Å²) < 4.78 is 0. The second kappa shape index (κ2) is 11.7. The van der Waals surface area contributed by atoms with Gasteiger partial charge in [0.25, 0.3) is 0 Å². The number of carbonyl (C=O) groups excluding carboxylic acids is 3. The fourth-order valence-corrected chi connectivity index (χ4v) is 2.56. The molecule has 0 bridgehead atoms. The van der Waals surface area contributed by atoms with Gasteiger partial charge in [-0.15, -0.1) is 0 Å². The molecule has 4 N–H and O–H groups in total. The molecule has 0 saturated carbocycles. The van der Waals surface area contributed by atoms with Gasteiger partial charge in [-0.1, -0.05) is 53.6 Å². The van der Waals surface area contributed by atoms with Crippen molar-refractivity contribution in [3.05, 3.63) is 70.8 Å². The molecule has 30 heavy (non-hydrogen) atoms. The molecule has 0 radical (unpaired) electrons. The van der Waals surface area contributed by atoms with Crippen LogP contribution in [0.5, 0.6) is 0 Å². The molecule has 0 saturated heterocycles. The van der Waals surface area contributed by atoms with E-state index in [2.05, 4.69) is 21.5 Å². The number of amides is 3. The zero-order chi connectivity index (χ0) is 21.9. The van der Waals surface area contributed by atoms with E-state index in [1.54, 1.807) is 30.3 Å². The zero-order valence-electron chi connectivity index (χ0n) is 16.2. The standard InChI is InChI=1S/C21H21ClN4O3S/c1-14-6-8-15(9-7-14)10-11-19(28)24-21(30)26-25-20(29)13-12-18(27)23-17-5-3-2-4-16(17)22/h2-11H,12-13H2,1H3,(H,23,27)(H,25,29)(H2,24,26,28,30)/b11-10+. The maximum atomic E-state index is 11.9. The third-order valence-electron chi connectivity index (χ3n) is 3.78. The molecule has 0 heterocycles. The minimum atomic E-state index is -0.462. The number of rotatable bonds is 6. The summed E-state index contributed by atoms with van der Waals surface area (Å²) >= 11 is 10.9. The molecule has 0 aliphatic heterocycles. The smallest absolute Gasteiger partial charge is 0.250 e. The number of thiocarbonyl (C=S) groups is 1. The third kappa shape index (κ3) is 8.42. The summed E-state index contributed by atoms with van der Waals surface area (Å²) in [4.78, 5) is 35.6. The Labute approximate surface area is 184 Å². The summed E-state index contributed by atoms with van der Waals surface area (Å²) in [6, 6.07) is 14.5. The van der Waals surface area contributed by atoms with Gasteiger partial charge in [-0.05, 0) is 42.9 Å². The van der Waals surface area contributed by atoms with Gasteiger partial charge in [0.2, 0.25) is 17.7 Å². The third-order valence-corrected chi connectivity index (χ3v) is 4.32. The summed E-state index contributed by atoms with van der Waals surface area (Å²) in [5.74, 6) is -1.26. The average molecular weight is 445 g/mol. The topological polar surface area (TPSA) is 99.3 Å². The maximum Gasteiger partial charge on any atom is 0.250 e. The van der Waals surface area contributed by atoms with Crippen LogP contribution in [0, 0.1) is 6.92 Å². The molecule has 2 aromatic carbocycles. The van der Waals surface area contributed by atoms with E-state index in [9.17, 15) is 14.4 Å². The Balaban J connectivity index is 1.66. The van der Waals surface area contributed by atoms with Crippen molar-refractivity contribution in [3.8, 4) is 0 Å². The van der Waals surface area contributed by atoms with Crippen LogP contribution in [-0.4, -0.2) is 22.8 Å². The number of para-hydroxylation sites is 1. The van der Waals surface area contributed by atoms with E-state index in [0.29, 0.717) is 10.7 Å². The summed E-state index contributed by atoms with van der Waals surface area (Å²) in [5.41, 5.74) is 7.21. The van der Waals surface area contributed by atoms with E-state index < -0.39 is 11.8 Å². The van der Waals surface area contributed by atoms with Crippen molar-refractivity contribution in [2.45, 2.75) is 19.8 Å². The van der Waals surface area contributed by atoms with Gasteiger partial charge < -0.3 is 5.32 Å². The lowest BCUT2D eigenvalue weighted by molar-refractivity contribution is -0.124. The first-order valence-electron chi connectivity index (χ1n) is 9.02. The molecule has 0 aliphatic carbocycles. The molecular weight excluding hydrogens is 424 g/mol. The van der Waals surface area contributed by atoms with Crippen LogP contribution in [0.3, 0.4) is 0 Å². The first-order valence-corrected chi connectivity index (χ1v) is 9.81. The van der Waals surface area contributed by atoms with Gasteiger partial charge in [-0.2, -0.15) is 0 Å². The molecule has 2 aromatic rings. The van der Waals surface area contributed by atoms with Crippen LogP contribution in [0.15, 0.2) is 54.6 Å². The number of hydrogen-bond donors (Lipinski definition) is 4. The Morgan fingerprint density at radius 3 is 2.33 bits per heavy atom. The van der Waals surface area contributed by atoms with Crippen molar-refractivity contribution < 1.29 is 14.4 Å². The normalized spacial score (nSPS) is 10.3. The molecule has 0 unspecified atom stereocenters. The maximum absolute atomic E-state index is 11.9. The van der Waals surface area contributed by atoms with Crippen molar-refractivity contribution in [3.63, 3.8) is 0 Å². The molecule has 9 heteroatoms. The van der Waals surface area contributed by atoms with Gasteiger partial charge in [0.05, 0.1) is 10.7 Å². The number of anilines is 1.